The summed E-state index contributed by atoms with van der Waals surface area (Å²) in [5, 5.41) is 19.0. The van der Waals surface area contributed by atoms with Crippen molar-refractivity contribution < 1.29 is 23.1 Å². The molecule has 9 nitrogen and oxygen atoms in total. The molecular formula is C24H26F3N7O2. The number of piperidine rings is 1. The topological polar surface area (TPSA) is 128 Å². The van der Waals surface area contributed by atoms with Gasteiger partial charge in [-0.3, -0.25) is 14.4 Å². The fourth-order valence-electron chi connectivity index (χ4n) is 4.32. The minimum Gasteiger partial charge on any atom is -0.383 e. The quantitative estimate of drug-likeness (QED) is 0.445. The number of alkyl halides is 3. The molecule has 3 heterocycles. The molecule has 4 rings (SSSR count). The number of benzene rings is 1. The van der Waals surface area contributed by atoms with E-state index in [-0.39, 0.29) is 29.7 Å². The van der Waals surface area contributed by atoms with E-state index in [0.29, 0.717) is 37.1 Å². The van der Waals surface area contributed by atoms with Crippen LogP contribution < -0.4 is 11.5 Å². The third-order valence-electron chi connectivity index (χ3n) is 6.19. The van der Waals surface area contributed by atoms with Crippen LogP contribution in [0, 0.1) is 11.8 Å². The Bertz CT molecular complexity index is 1290. The number of aliphatic hydroxyl groups is 1. The molecule has 1 saturated heterocycles. The summed E-state index contributed by atoms with van der Waals surface area (Å²) in [5.41, 5.74) is 12.7. The van der Waals surface area contributed by atoms with Gasteiger partial charge in [0.25, 0.3) is 5.91 Å². The summed E-state index contributed by atoms with van der Waals surface area (Å²) in [6, 6.07) is 4.72. The molecule has 36 heavy (non-hydrogen) atoms. The number of hydrogen-bond donors (Lipinski definition) is 3. The molecule has 2 aromatic heterocycles. The number of carbonyl (C=O) groups excluding carboxylic acids is 1. The Kier molecular flexibility index (Phi) is 7.05. The van der Waals surface area contributed by atoms with E-state index < -0.39 is 23.9 Å². The van der Waals surface area contributed by atoms with Gasteiger partial charge in [-0.25, -0.2) is 4.68 Å². The van der Waals surface area contributed by atoms with E-state index in [0.717, 1.165) is 12.1 Å². The maximum absolute atomic E-state index is 12.8. The van der Waals surface area contributed by atoms with E-state index in [1.807, 2.05) is 4.90 Å². The number of aromatic nitrogens is 4. The fraction of sp³-hybridized carbons (Fsp3) is 0.375. The van der Waals surface area contributed by atoms with Crippen LogP contribution >= 0.6 is 0 Å². The number of halogens is 3. The van der Waals surface area contributed by atoms with E-state index in [1.165, 1.54) is 23.0 Å². The molecule has 1 fully saturated rings. The van der Waals surface area contributed by atoms with E-state index in [2.05, 4.69) is 22.0 Å². The fourth-order valence-corrected chi connectivity index (χ4v) is 4.32. The molecule has 0 spiro atoms. The second-order valence-corrected chi connectivity index (χ2v) is 8.57. The smallest absolute Gasteiger partial charge is 0.383 e. The van der Waals surface area contributed by atoms with Gasteiger partial charge in [-0.15, -0.1) is 5.92 Å². The van der Waals surface area contributed by atoms with Gasteiger partial charge < -0.3 is 16.6 Å². The first-order valence-corrected chi connectivity index (χ1v) is 11.3. The van der Waals surface area contributed by atoms with E-state index in [9.17, 15) is 23.1 Å². The van der Waals surface area contributed by atoms with Crippen LogP contribution in [0.25, 0.3) is 11.3 Å². The summed E-state index contributed by atoms with van der Waals surface area (Å²) in [6.45, 7) is 3.04. The van der Waals surface area contributed by atoms with E-state index in [1.54, 1.807) is 17.8 Å². The van der Waals surface area contributed by atoms with Gasteiger partial charge in [-0.2, -0.15) is 23.4 Å². The average molecular weight is 502 g/mol. The number of primary amides is 1. The molecule has 0 aliphatic carbocycles. The van der Waals surface area contributed by atoms with Crippen molar-refractivity contribution in [2.45, 2.75) is 44.8 Å². The Hall–Kier alpha value is -3.82. The molecule has 3 aromatic rings. The molecular weight excluding hydrogens is 475 g/mol. The van der Waals surface area contributed by atoms with Crippen LogP contribution in [-0.4, -0.2) is 54.8 Å². The maximum Gasteiger partial charge on any atom is 0.416 e. The largest absolute Gasteiger partial charge is 0.416 e. The normalized spacial score (nSPS) is 15.9. The van der Waals surface area contributed by atoms with Crippen LogP contribution in [0.5, 0.6) is 0 Å². The van der Waals surface area contributed by atoms with E-state index >= 15 is 0 Å². The molecule has 5 N–H and O–H groups in total. The number of nitrogens with zero attached hydrogens (tertiary/aromatic N) is 5. The highest BCUT2D eigenvalue weighted by molar-refractivity contribution is 6.03. The lowest BCUT2D eigenvalue weighted by atomic mass is 10.0. The highest BCUT2D eigenvalue weighted by Gasteiger charge is 2.31. The summed E-state index contributed by atoms with van der Waals surface area (Å²) in [7, 11) is 0. The van der Waals surface area contributed by atoms with Gasteiger partial charge >= 0.3 is 6.18 Å². The maximum atomic E-state index is 12.8. The number of aliphatic hydroxyl groups excluding tert-OH is 1. The van der Waals surface area contributed by atoms with Gasteiger partial charge in [0, 0.05) is 24.8 Å². The molecule has 0 saturated carbocycles. The number of likely N-dealkylation sites (tertiary alicyclic amines) is 1. The number of nitrogen functional groups attached to an aromatic ring is 1. The summed E-state index contributed by atoms with van der Waals surface area (Å²) < 4.78 is 41.5. The zero-order valence-electron chi connectivity index (χ0n) is 19.5. The summed E-state index contributed by atoms with van der Waals surface area (Å²) >= 11 is 0. The Morgan fingerprint density at radius 2 is 1.92 bits per heavy atom. The minimum atomic E-state index is -4.40. The Labute approximate surface area is 205 Å². The van der Waals surface area contributed by atoms with E-state index in [4.69, 9.17) is 11.5 Å². The van der Waals surface area contributed by atoms with Gasteiger partial charge in [0.1, 0.15) is 17.1 Å². The predicted molar refractivity (Wildman–Crippen MR) is 126 cm³/mol. The highest BCUT2D eigenvalue weighted by atomic mass is 19.4. The molecule has 190 valence electrons. The number of amides is 1. The van der Waals surface area contributed by atoms with Crippen LogP contribution in [0.15, 0.2) is 36.7 Å². The molecule has 1 amide bonds. The number of rotatable bonds is 6. The van der Waals surface area contributed by atoms with Crippen LogP contribution in [0.4, 0.5) is 19.0 Å². The molecule has 1 aliphatic rings. The highest BCUT2D eigenvalue weighted by Crippen LogP contribution is 2.33. The Balaban J connectivity index is 1.54. The number of anilines is 1. The van der Waals surface area contributed by atoms with Crippen molar-refractivity contribution in [3.8, 4) is 23.1 Å². The van der Waals surface area contributed by atoms with Gasteiger partial charge in [0.2, 0.25) is 0 Å². The molecule has 0 bridgehead atoms. The third kappa shape index (κ3) is 5.22. The molecule has 0 radical (unpaired) electrons. The zero-order chi connectivity index (χ0) is 26.0. The lowest BCUT2D eigenvalue weighted by Gasteiger charge is -2.33. The van der Waals surface area contributed by atoms with Gasteiger partial charge in [0.15, 0.2) is 6.23 Å². The van der Waals surface area contributed by atoms with Crippen LogP contribution in [0.2, 0.25) is 0 Å². The molecule has 1 atom stereocenters. The van der Waals surface area contributed by atoms with Crippen molar-refractivity contribution in [1.82, 2.24) is 24.5 Å². The summed E-state index contributed by atoms with van der Waals surface area (Å²) in [4.78, 5) is 14.1. The first kappa shape index (κ1) is 25.3. The number of carbonyl (C=O) groups is 1. The van der Waals surface area contributed by atoms with Crippen molar-refractivity contribution >= 4 is 11.7 Å². The monoisotopic (exact) mass is 501 g/mol. The first-order chi connectivity index (χ1) is 17.1. The minimum absolute atomic E-state index is 0.0865. The van der Waals surface area contributed by atoms with Crippen LogP contribution in [-0.2, 0) is 12.7 Å². The second kappa shape index (κ2) is 10.0. The second-order valence-electron chi connectivity index (χ2n) is 8.57. The van der Waals surface area contributed by atoms with Gasteiger partial charge in [-0.05, 0) is 37.5 Å². The average Bonchev–Trinajstić information content (AvgIpc) is 3.43. The molecule has 12 heteroatoms. The predicted octanol–water partition coefficient (Wildman–Crippen LogP) is 2.47. The summed E-state index contributed by atoms with van der Waals surface area (Å²) in [5.74, 6) is 4.85. The lowest BCUT2D eigenvalue weighted by Crippen LogP contribution is -2.41. The Morgan fingerprint density at radius 1 is 1.25 bits per heavy atom. The lowest BCUT2D eigenvalue weighted by molar-refractivity contribution is -0.137. The zero-order valence-corrected chi connectivity index (χ0v) is 19.5. The van der Waals surface area contributed by atoms with Crippen LogP contribution in [0.3, 0.4) is 0 Å². The van der Waals surface area contributed by atoms with Crippen molar-refractivity contribution in [3.63, 3.8) is 0 Å². The first-order valence-electron chi connectivity index (χ1n) is 11.3. The summed E-state index contributed by atoms with van der Waals surface area (Å²) in [6.07, 6.45) is -0.818. The SMILES string of the molecule is CC#CC(O)N1CCC(n2nc(-c3cnn(Cc4ccc(C(F)(F)F)cc4)c3)c(C(N)=O)c2N)CC1. The molecule has 1 aromatic carbocycles. The molecule has 1 aliphatic heterocycles. The number of nitrogens with two attached hydrogens (primary N) is 2. The van der Waals surface area contributed by atoms with Gasteiger partial charge in [0.05, 0.1) is 24.3 Å². The van der Waals surface area contributed by atoms with Crippen molar-refractivity contribution in [1.29, 1.82) is 0 Å². The standard InChI is InChI=1S/C24H26F3N7O2/c1-2-3-19(35)32-10-8-18(9-11-32)34-22(28)20(23(29)36)21(31-34)16-12-30-33(14-16)13-15-4-6-17(7-5-15)24(25,26)27/h4-7,12,14,18-19,35H,8-11,13,28H2,1H3,(H2,29,36). The van der Waals surface area contributed by atoms with Crippen molar-refractivity contribution in [2.75, 3.05) is 18.8 Å². The third-order valence-corrected chi connectivity index (χ3v) is 6.19. The van der Waals surface area contributed by atoms with Crippen molar-refractivity contribution in [2.24, 2.45) is 5.73 Å². The Morgan fingerprint density at radius 3 is 2.50 bits per heavy atom. The van der Waals surface area contributed by atoms with Crippen LogP contribution in [0.1, 0.15) is 47.3 Å². The van der Waals surface area contributed by atoms with Crippen molar-refractivity contribution in [3.05, 3.63) is 53.3 Å². The number of hydrogen-bond acceptors (Lipinski definition) is 6. The molecule has 1 unspecified atom stereocenters. The van der Waals surface area contributed by atoms with Gasteiger partial charge in [-0.1, -0.05) is 18.1 Å².